The number of nitriles is 2. The van der Waals surface area contributed by atoms with Gasteiger partial charge in [0.25, 0.3) is 0 Å². The Bertz CT molecular complexity index is 1120. The van der Waals surface area contributed by atoms with Gasteiger partial charge in [-0.05, 0) is 47.8 Å². The molecular formula is C16H4Br3ClN4S2. The molecule has 0 saturated carbocycles. The highest BCUT2D eigenvalue weighted by atomic mass is 79.9. The zero-order chi connectivity index (χ0) is 18.8. The molecule has 0 aliphatic carbocycles. The monoisotopic (exact) mass is 588 g/mol. The van der Waals surface area contributed by atoms with Crippen LogP contribution in [0.15, 0.2) is 36.6 Å². The minimum absolute atomic E-state index is 0.420. The van der Waals surface area contributed by atoms with Crippen molar-refractivity contribution < 1.29 is 0 Å². The molecule has 0 N–H and O–H groups in total. The Kier molecular flexibility index (Phi) is 6.29. The molecule has 0 unspecified atom stereocenters. The lowest BCUT2D eigenvalue weighted by Gasteiger charge is -1.95. The number of pyridine rings is 2. The fourth-order valence-corrected chi connectivity index (χ4v) is 6.02. The van der Waals surface area contributed by atoms with E-state index in [1.54, 1.807) is 17.5 Å². The summed E-state index contributed by atoms with van der Waals surface area (Å²) in [5.41, 5.74) is 2.70. The van der Waals surface area contributed by atoms with Gasteiger partial charge in [-0.15, -0.1) is 22.7 Å². The van der Waals surface area contributed by atoms with E-state index in [0.717, 1.165) is 33.9 Å². The predicted octanol–water partition coefficient (Wildman–Crippen LogP) is 7.28. The van der Waals surface area contributed by atoms with Crippen LogP contribution in [-0.2, 0) is 0 Å². The Hall–Kier alpha value is -1.07. The molecule has 0 bridgehead atoms. The van der Waals surface area contributed by atoms with Crippen LogP contribution in [0.1, 0.15) is 11.1 Å². The minimum Gasteiger partial charge on any atom is -0.253 e. The van der Waals surface area contributed by atoms with Crippen molar-refractivity contribution in [2.24, 2.45) is 0 Å². The lowest BCUT2D eigenvalue weighted by atomic mass is 10.3. The number of hydrogen-bond acceptors (Lipinski definition) is 6. The van der Waals surface area contributed by atoms with Gasteiger partial charge in [0.2, 0.25) is 0 Å². The molecule has 128 valence electrons. The number of rotatable bonds is 0. The zero-order valence-electron chi connectivity index (χ0n) is 12.4. The molecule has 0 aliphatic rings. The number of hydrogen-bond donors (Lipinski definition) is 0. The summed E-state index contributed by atoms with van der Waals surface area (Å²) in [7, 11) is 0. The van der Waals surface area contributed by atoms with Crippen molar-refractivity contribution in [2.75, 3.05) is 0 Å². The number of thiophene rings is 2. The molecular weight excluding hydrogens is 588 g/mol. The fraction of sp³-hybridized carbons (Fsp3) is 0. The second-order valence-corrected chi connectivity index (χ2v) is 9.36. The maximum Gasteiger partial charge on any atom is 0.102 e. The first-order valence-corrected chi connectivity index (χ1v) is 11.2. The minimum atomic E-state index is 0.420. The SMILES string of the molecule is N#Cc1cnc2c(Br)csc2c1Br.N#Cc1cnc2c(Br)csc2c1Cl. The summed E-state index contributed by atoms with van der Waals surface area (Å²) in [4.78, 5) is 8.31. The zero-order valence-corrected chi connectivity index (χ0v) is 19.6. The topological polar surface area (TPSA) is 73.4 Å². The first-order chi connectivity index (χ1) is 12.5. The molecule has 26 heavy (non-hydrogen) atoms. The quantitative estimate of drug-likeness (QED) is 0.216. The smallest absolute Gasteiger partial charge is 0.102 e. The Morgan fingerprint density at radius 2 is 1.35 bits per heavy atom. The van der Waals surface area contributed by atoms with E-state index < -0.39 is 0 Å². The van der Waals surface area contributed by atoms with Crippen molar-refractivity contribution in [1.82, 2.24) is 9.97 Å². The van der Waals surface area contributed by atoms with E-state index in [-0.39, 0.29) is 0 Å². The fourth-order valence-electron chi connectivity index (χ4n) is 1.99. The van der Waals surface area contributed by atoms with Crippen molar-refractivity contribution in [3.05, 3.63) is 52.7 Å². The predicted molar refractivity (Wildman–Crippen MR) is 117 cm³/mol. The highest BCUT2D eigenvalue weighted by Gasteiger charge is 2.11. The number of aromatic nitrogens is 2. The van der Waals surface area contributed by atoms with E-state index in [2.05, 4.69) is 63.8 Å². The van der Waals surface area contributed by atoms with Gasteiger partial charge in [0.1, 0.15) is 12.1 Å². The molecule has 0 atom stereocenters. The van der Waals surface area contributed by atoms with Crippen molar-refractivity contribution in [2.45, 2.75) is 0 Å². The number of halogens is 4. The van der Waals surface area contributed by atoms with Crippen LogP contribution in [0.25, 0.3) is 20.4 Å². The Labute approximate surface area is 186 Å². The van der Waals surface area contributed by atoms with Crippen molar-refractivity contribution in [1.29, 1.82) is 10.5 Å². The molecule has 4 nitrogen and oxygen atoms in total. The van der Waals surface area contributed by atoms with Crippen LogP contribution < -0.4 is 0 Å². The average Bonchev–Trinajstić information content (AvgIpc) is 3.21. The molecule has 4 rings (SSSR count). The van der Waals surface area contributed by atoms with E-state index in [4.69, 9.17) is 22.1 Å². The molecule has 0 radical (unpaired) electrons. The van der Waals surface area contributed by atoms with Gasteiger partial charge in [-0.25, -0.2) is 0 Å². The summed E-state index contributed by atoms with van der Waals surface area (Å²) in [6.45, 7) is 0. The summed E-state index contributed by atoms with van der Waals surface area (Å²) in [5.74, 6) is 0. The first-order valence-electron chi connectivity index (χ1n) is 6.70. The summed E-state index contributed by atoms with van der Waals surface area (Å²) in [5, 5.41) is 21.8. The standard InChI is InChI=1S/C8H2Br2N2S.C8H2BrClN2S/c2*9-5-3-13-8-6(10)4(1-11)2-12-7(5)8/h2*2-3H. The Balaban J connectivity index is 0.000000151. The van der Waals surface area contributed by atoms with E-state index in [1.807, 2.05) is 16.8 Å². The normalized spacial score (nSPS) is 10.2. The molecule has 10 heteroatoms. The summed E-state index contributed by atoms with van der Waals surface area (Å²) >= 11 is 19.2. The van der Waals surface area contributed by atoms with E-state index in [1.165, 1.54) is 17.5 Å². The first kappa shape index (κ1) is 19.7. The summed E-state index contributed by atoms with van der Waals surface area (Å²) < 4.78 is 4.57. The summed E-state index contributed by atoms with van der Waals surface area (Å²) in [6.07, 6.45) is 3.06. The van der Waals surface area contributed by atoms with Crippen molar-refractivity contribution >= 4 is 102 Å². The van der Waals surface area contributed by atoms with Gasteiger partial charge in [-0.3, -0.25) is 9.97 Å². The van der Waals surface area contributed by atoms with Gasteiger partial charge >= 0.3 is 0 Å². The van der Waals surface area contributed by atoms with Gasteiger partial charge in [0, 0.05) is 23.2 Å². The molecule has 0 amide bonds. The molecule has 0 saturated heterocycles. The maximum absolute atomic E-state index is 8.76. The second-order valence-electron chi connectivity index (χ2n) is 4.72. The molecule has 0 fully saturated rings. The third-order valence-electron chi connectivity index (χ3n) is 3.20. The second kappa shape index (κ2) is 8.30. The average molecular weight is 592 g/mol. The lowest BCUT2D eigenvalue weighted by Crippen LogP contribution is -1.81. The molecule has 0 aliphatic heterocycles. The Morgan fingerprint density at radius 3 is 1.92 bits per heavy atom. The number of fused-ring (bicyclic) bond motifs is 2. The van der Waals surface area contributed by atoms with Gasteiger partial charge in [-0.2, -0.15) is 10.5 Å². The maximum atomic E-state index is 8.76. The molecule has 4 aromatic rings. The highest BCUT2D eigenvalue weighted by Crippen LogP contribution is 2.36. The number of nitrogens with zero attached hydrogens (tertiary/aromatic N) is 4. The van der Waals surface area contributed by atoms with E-state index in [0.29, 0.717) is 16.1 Å². The van der Waals surface area contributed by atoms with Gasteiger partial charge in [-0.1, -0.05) is 11.6 Å². The van der Waals surface area contributed by atoms with Gasteiger partial charge < -0.3 is 0 Å². The van der Waals surface area contributed by atoms with Gasteiger partial charge in [0.15, 0.2) is 0 Å². The molecule has 0 aromatic carbocycles. The van der Waals surface area contributed by atoms with Gasteiger partial charge in [0.05, 0.1) is 50.0 Å². The third-order valence-corrected chi connectivity index (χ3v) is 8.58. The highest BCUT2D eigenvalue weighted by molar-refractivity contribution is 9.11. The largest absolute Gasteiger partial charge is 0.253 e. The van der Waals surface area contributed by atoms with Crippen LogP contribution in [-0.4, -0.2) is 9.97 Å². The van der Waals surface area contributed by atoms with Crippen LogP contribution in [0, 0.1) is 22.7 Å². The van der Waals surface area contributed by atoms with Crippen LogP contribution in [0.4, 0.5) is 0 Å². The molecule has 4 heterocycles. The van der Waals surface area contributed by atoms with E-state index >= 15 is 0 Å². The van der Waals surface area contributed by atoms with Crippen LogP contribution >= 0.6 is 82.1 Å². The van der Waals surface area contributed by atoms with E-state index in [9.17, 15) is 0 Å². The molecule has 4 aromatic heterocycles. The van der Waals surface area contributed by atoms with Crippen LogP contribution in [0.5, 0.6) is 0 Å². The molecule has 0 spiro atoms. The van der Waals surface area contributed by atoms with Crippen molar-refractivity contribution in [3.63, 3.8) is 0 Å². The Morgan fingerprint density at radius 1 is 0.846 bits per heavy atom. The third kappa shape index (κ3) is 3.65. The summed E-state index contributed by atoms with van der Waals surface area (Å²) in [6, 6.07) is 4.07. The van der Waals surface area contributed by atoms with Crippen LogP contribution in [0.2, 0.25) is 5.02 Å². The van der Waals surface area contributed by atoms with Crippen molar-refractivity contribution in [3.8, 4) is 12.1 Å². The van der Waals surface area contributed by atoms with Crippen LogP contribution in [0.3, 0.4) is 0 Å². The lowest BCUT2D eigenvalue weighted by molar-refractivity contribution is 1.36.